The minimum atomic E-state index is -2.18. The monoisotopic (exact) mass is 360 g/mol. The van der Waals surface area contributed by atoms with Crippen molar-refractivity contribution in [3.8, 4) is 0 Å². The fourth-order valence-electron chi connectivity index (χ4n) is 4.77. The summed E-state index contributed by atoms with van der Waals surface area (Å²) in [4.78, 5) is 0. The molecule has 21 heavy (non-hydrogen) atoms. The Hall–Kier alpha value is -0.650. The van der Waals surface area contributed by atoms with Gasteiger partial charge in [0.25, 0.3) is 0 Å². The maximum atomic E-state index is 4.47. The number of benzene rings is 2. The van der Waals surface area contributed by atoms with Gasteiger partial charge < -0.3 is 0 Å². The van der Waals surface area contributed by atoms with Crippen LogP contribution >= 0.6 is 20.8 Å². The molecule has 1 saturated heterocycles. The zero-order chi connectivity index (χ0) is 14.4. The average molecular weight is 361 g/mol. The maximum absolute atomic E-state index is 4.47. The molecule has 0 aromatic heterocycles. The first kappa shape index (κ1) is 14.0. The number of hydrogen-bond donors (Lipinski definition) is 0. The third-order valence-electron chi connectivity index (χ3n) is 5.62. The van der Waals surface area contributed by atoms with Crippen molar-refractivity contribution in [2.24, 2.45) is 11.8 Å². The molecule has 2 unspecified atom stereocenters. The Kier molecular flexibility index (Phi) is 3.28. The van der Waals surface area contributed by atoms with E-state index in [0.29, 0.717) is 0 Å². The van der Waals surface area contributed by atoms with Gasteiger partial charge in [-0.3, -0.25) is 0 Å². The fourth-order valence-corrected chi connectivity index (χ4v) is 14.5. The Bertz CT molecular complexity index is 582. The molecule has 0 nitrogen and oxygen atoms in total. The number of hydrogen-bond acceptors (Lipinski definition) is 0. The predicted molar refractivity (Wildman–Crippen MR) is 98.6 cm³/mol. The van der Waals surface area contributed by atoms with Crippen LogP contribution in [0.2, 0.25) is 0 Å². The van der Waals surface area contributed by atoms with Crippen molar-refractivity contribution in [3.63, 3.8) is 0 Å². The first-order chi connectivity index (χ1) is 10.2. The van der Waals surface area contributed by atoms with Gasteiger partial charge in [-0.15, -0.1) is 0 Å². The summed E-state index contributed by atoms with van der Waals surface area (Å²) in [6.45, 7) is 0. The molecule has 1 heterocycles. The zero-order valence-electron chi connectivity index (χ0n) is 12.3. The molecular formula is C19H22BrP. The summed E-state index contributed by atoms with van der Waals surface area (Å²) in [5, 5.41) is 0.939. The molecule has 2 atom stereocenters. The molecule has 1 aliphatic carbocycles. The number of halogens is 1. The van der Waals surface area contributed by atoms with E-state index in [4.69, 9.17) is 0 Å². The van der Waals surface area contributed by atoms with Crippen LogP contribution in [-0.4, -0.2) is 12.3 Å². The number of rotatable bonds is 2. The van der Waals surface area contributed by atoms with Gasteiger partial charge in [0.2, 0.25) is 0 Å². The summed E-state index contributed by atoms with van der Waals surface area (Å²) in [6.07, 6.45) is 7.05. The van der Waals surface area contributed by atoms with Crippen LogP contribution in [0.15, 0.2) is 60.7 Å². The molecule has 0 spiro atoms. The Morgan fingerprint density at radius 3 is 1.57 bits per heavy atom. The van der Waals surface area contributed by atoms with E-state index in [-0.39, 0.29) is 0 Å². The van der Waals surface area contributed by atoms with E-state index in [1.165, 1.54) is 31.6 Å². The van der Waals surface area contributed by atoms with Gasteiger partial charge in [0.1, 0.15) is 0 Å². The molecule has 0 N–H and O–H groups in total. The first-order valence-electron chi connectivity index (χ1n) is 8.02. The summed E-state index contributed by atoms with van der Waals surface area (Å²) >= 11 is 4.47. The van der Waals surface area contributed by atoms with E-state index in [1.54, 1.807) is 10.6 Å². The van der Waals surface area contributed by atoms with Crippen molar-refractivity contribution >= 4 is 31.4 Å². The molecule has 2 fully saturated rings. The molecule has 0 amide bonds. The van der Waals surface area contributed by atoms with Gasteiger partial charge in [-0.05, 0) is 0 Å². The van der Waals surface area contributed by atoms with Crippen molar-refractivity contribution in [2.75, 3.05) is 12.3 Å². The second kappa shape index (κ2) is 4.93. The summed E-state index contributed by atoms with van der Waals surface area (Å²) in [6, 6.07) is 22.6. The molecule has 1 saturated carbocycles. The normalized spacial score (nSPS) is 31.2. The standard InChI is InChI=1S/C19H22BrP/c20-21(18-7-3-1-4-8-18,19-9-5-2-6-10-19)14-16-11-12-17(13-16)15-21/h1-10,16-17H,11-15H2. The van der Waals surface area contributed by atoms with Gasteiger partial charge in [-0.25, -0.2) is 0 Å². The van der Waals surface area contributed by atoms with Crippen LogP contribution in [0.25, 0.3) is 0 Å². The van der Waals surface area contributed by atoms with E-state index in [2.05, 4.69) is 76.2 Å². The van der Waals surface area contributed by atoms with E-state index in [9.17, 15) is 0 Å². The Morgan fingerprint density at radius 1 is 0.714 bits per heavy atom. The molecule has 110 valence electrons. The Labute approximate surface area is 135 Å². The van der Waals surface area contributed by atoms with E-state index in [0.717, 1.165) is 11.8 Å². The first-order valence-corrected chi connectivity index (χ1v) is 12.6. The Balaban J connectivity index is 1.95. The zero-order valence-corrected chi connectivity index (χ0v) is 14.8. The average Bonchev–Trinajstić information content (AvgIpc) is 2.89. The van der Waals surface area contributed by atoms with Crippen molar-refractivity contribution in [1.82, 2.24) is 0 Å². The summed E-state index contributed by atoms with van der Waals surface area (Å²) in [5.41, 5.74) is 0. The second-order valence-electron chi connectivity index (χ2n) is 6.96. The van der Waals surface area contributed by atoms with Crippen molar-refractivity contribution in [1.29, 1.82) is 0 Å². The van der Waals surface area contributed by atoms with Gasteiger partial charge >= 0.3 is 135 Å². The second-order valence-corrected chi connectivity index (χ2v) is 16.6. The van der Waals surface area contributed by atoms with Gasteiger partial charge in [0, 0.05) is 0 Å². The molecule has 2 aromatic rings. The van der Waals surface area contributed by atoms with Gasteiger partial charge in [-0.2, -0.15) is 0 Å². The topological polar surface area (TPSA) is 0 Å². The molecule has 0 radical (unpaired) electrons. The SMILES string of the molecule is BrP1(c2ccccc2)(c2ccccc2)CC2CCC(C2)C1. The van der Waals surface area contributed by atoms with E-state index >= 15 is 0 Å². The van der Waals surface area contributed by atoms with E-state index in [1.807, 2.05) is 0 Å². The summed E-state index contributed by atoms with van der Waals surface area (Å²) < 4.78 is 0. The third kappa shape index (κ3) is 2.13. The molecule has 2 aromatic carbocycles. The van der Waals surface area contributed by atoms with Crippen LogP contribution in [0.4, 0.5) is 0 Å². The third-order valence-corrected chi connectivity index (χ3v) is 15.3. The fraction of sp³-hybridized carbons (Fsp3) is 0.368. The summed E-state index contributed by atoms with van der Waals surface area (Å²) in [7, 11) is 0. The van der Waals surface area contributed by atoms with Crippen LogP contribution in [0.3, 0.4) is 0 Å². The molecule has 4 rings (SSSR count). The Morgan fingerprint density at radius 2 is 1.14 bits per heavy atom. The molecule has 2 heteroatoms. The van der Waals surface area contributed by atoms with Crippen LogP contribution in [0.5, 0.6) is 0 Å². The molecule has 1 aliphatic heterocycles. The van der Waals surface area contributed by atoms with Crippen LogP contribution < -0.4 is 10.6 Å². The van der Waals surface area contributed by atoms with Gasteiger partial charge in [0.05, 0.1) is 0 Å². The van der Waals surface area contributed by atoms with Crippen LogP contribution in [0.1, 0.15) is 19.3 Å². The molecule has 2 aliphatic rings. The minimum absolute atomic E-state index is 0.918. The van der Waals surface area contributed by atoms with Crippen LogP contribution in [0, 0.1) is 11.8 Å². The van der Waals surface area contributed by atoms with Crippen molar-refractivity contribution in [3.05, 3.63) is 60.7 Å². The van der Waals surface area contributed by atoms with Gasteiger partial charge in [0.15, 0.2) is 0 Å². The van der Waals surface area contributed by atoms with Crippen molar-refractivity contribution in [2.45, 2.75) is 19.3 Å². The quantitative estimate of drug-likeness (QED) is 0.666. The predicted octanol–water partition coefficient (Wildman–Crippen LogP) is 4.93. The van der Waals surface area contributed by atoms with Crippen molar-refractivity contribution < 1.29 is 0 Å². The molecular weight excluding hydrogens is 339 g/mol. The number of fused-ring (bicyclic) bond motifs is 2. The van der Waals surface area contributed by atoms with Crippen LogP contribution in [-0.2, 0) is 0 Å². The molecule has 2 bridgehead atoms. The summed E-state index contributed by atoms with van der Waals surface area (Å²) in [5.74, 6) is 1.84. The van der Waals surface area contributed by atoms with Gasteiger partial charge in [-0.1, -0.05) is 0 Å². The van der Waals surface area contributed by atoms with E-state index < -0.39 is 5.31 Å².